The molecule has 1 aliphatic heterocycles. The number of carbonyl (C=O) groups is 2. The van der Waals surface area contributed by atoms with Crippen LogP contribution in [0.3, 0.4) is 0 Å². The van der Waals surface area contributed by atoms with Crippen molar-refractivity contribution in [1.82, 2.24) is 24.8 Å². The Bertz CT molecular complexity index is 1450. The zero-order valence-corrected chi connectivity index (χ0v) is 21.4. The molecule has 0 bridgehead atoms. The topological polar surface area (TPSA) is 135 Å². The minimum Gasteiger partial charge on any atom is -0.434 e. The molecular weight excluding hydrogens is 510 g/mol. The molecule has 206 valence electrons. The number of aromatic nitrogens is 3. The van der Waals surface area contributed by atoms with E-state index in [1.165, 1.54) is 10.6 Å². The van der Waals surface area contributed by atoms with Crippen molar-refractivity contribution in [2.45, 2.75) is 76.8 Å². The summed E-state index contributed by atoms with van der Waals surface area (Å²) in [7, 11) is 0. The number of hydrogen-bond donors (Lipinski definition) is 3. The second kappa shape index (κ2) is 9.74. The molecule has 2 aromatic heterocycles. The highest BCUT2D eigenvalue weighted by Crippen LogP contribution is 2.42. The number of alkyl halides is 2. The molecule has 2 aliphatic carbocycles. The molecule has 0 spiro atoms. The monoisotopic (exact) mass is 540 g/mol. The Morgan fingerprint density at radius 2 is 1.95 bits per heavy atom. The fourth-order valence-electron chi connectivity index (χ4n) is 5.74. The molecular formula is C27H30F2N6O4. The number of benzene rings is 1. The molecule has 6 rings (SSSR count). The predicted molar refractivity (Wildman–Crippen MR) is 137 cm³/mol. The van der Waals surface area contributed by atoms with Gasteiger partial charge in [0.25, 0.3) is 11.8 Å². The lowest BCUT2D eigenvalue weighted by Gasteiger charge is -2.26. The Labute approximate surface area is 223 Å². The van der Waals surface area contributed by atoms with Crippen LogP contribution in [0, 0.1) is 5.92 Å². The van der Waals surface area contributed by atoms with Crippen LogP contribution in [-0.4, -0.2) is 61.2 Å². The van der Waals surface area contributed by atoms with Gasteiger partial charge in [-0.1, -0.05) is 0 Å². The Morgan fingerprint density at radius 1 is 1.21 bits per heavy atom. The molecule has 0 radical (unpaired) electrons. The average Bonchev–Trinajstić information content (AvgIpc) is 3.61. The standard InChI is InChI=1S/C27H30F2N6O4/c1-13(14-2-3-14)34-12-16-10-15(11-20(39-27(28)29)21(16)26(34)38)19-8-9-35-24(32-19)22(23(30)33-35)25(37)31-17-4-6-18(36)7-5-17/h8-11,13-14,17-18,27,36H,2-7,12H2,1H3,(H2,30,33)(H,31,37). The molecule has 2 amide bonds. The van der Waals surface area contributed by atoms with E-state index in [4.69, 9.17) is 10.5 Å². The maximum absolute atomic E-state index is 13.4. The highest BCUT2D eigenvalue weighted by atomic mass is 19.3. The van der Waals surface area contributed by atoms with Crippen molar-refractivity contribution >= 4 is 23.3 Å². The van der Waals surface area contributed by atoms with Gasteiger partial charge in [0.05, 0.1) is 17.4 Å². The third-order valence-electron chi connectivity index (χ3n) is 8.08. The first-order valence-electron chi connectivity index (χ1n) is 13.3. The number of nitrogens with two attached hydrogens (primary N) is 1. The van der Waals surface area contributed by atoms with Crippen molar-refractivity contribution in [2.24, 2.45) is 5.92 Å². The van der Waals surface area contributed by atoms with Crippen molar-refractivity contribution in [1.29, 1.82) is 0 Å². The summed E-state index contributed by atoms with van der Waals surface area (Å²) in [6, 6.07) is 4.70. The van der Waals surface area contributed by atoms with Crippen molar-refractivity contribution in [3.63, 3.8) is 0 Å². The summed E-state index contributed by atoms with van der Waals surface area (Å²) in [6.45, 7) is -0.823. The maximum atomic E-state index is 13.4. The van der Waals surface area contributed by atoms with E-state index < -0.39 is 12.5 Å². The second-order valence-corrected chi connectivity index (χ2v) is 10.7. The van der Waals surface area contributed by atoms with Gasteiger partial charge in [0.2, 0.25) is 0 Å². The highest BCUT2D eigenvalue weighted by molar-refractivity contribution is 6.05. The quantitative estimate of drug-likeness (QED) is 0.418. The number of halogens is 2. The minimum absolute atomic E-state index is 0.00509. The number of ether oxygens (including phenoxy) is 1. The Hall–Kier alpha value is -3.80. The second-order valence-electron chi connectivity index (χ2n) is 10.7. The lowest BCUT2D eigenvalue weighted by Crippen LogP contribution is -2.38. The molecule has 2 saturated carbocycles. The van der Waals surface area contributed by atoms with Crippen LogP contribution in [0.4, 0.5) is 14.6 Å². The van der Waals surface area contributed by atoms with Crippen LogP contribution in [0.5, 0.6) is 5.75 Å². The number of aliphatic hydroxyl groups excluding tert-OH is 1. The Balaban J connectivity index is 1.35. The summed E-state index contributed by atoms with van der Waals surface area (Å²) >= 11 is 0. The molecule has 1 unspecified atom stereocenters. The van der Waals surface area contributed by atoms with Crippen molar-refractivity contribution in [3.8, 4) is 17.0 Å². The van der Waals surface area contributed by atoms with Crippen LogP contribution < -0.4 is 15.8 Å². The van der Waals surface area contributed by atoms with Crippen LogP contribution in [0.1, 0.15) is 71.7 Å². The first kappa shape index (κ1) is 25.5. The van der Waals surface area contributed by atoms with Gasteiger partial charge >= 0.3 is 6.61 Å². The van der Waals surface area contributed by atoms with Gasteiger partial charge < -0.3 is 25.8 Å². The SMILES string of the molecule is CC(C1CC1)N1Cc2cc(-c3ccn4nc(N)c(C(=O)NC5CCC(O)CC5)c4n3)cc(OC(F)F)c2C1=O. The fourth-order valence-corrected chi connectivity index (χ4v) is 5.74. The summed E-state index contributed by atoms with van der Waals surface area (Å²) < 4.78 is 32.9. The first-order valence-corrected chi connectivity index (χ1v) is 13.3. The normalized spacial score (nSPS) is 21.9. The lowest BCUT2D eigenvalue weighted by atomic mass is 9.93. The molecule has 12 heteroatoms. The van der Waals surface area contributed by atoms with E-state index in [1.54, 1.807) is 23.2 Å². The molecule has 1 atom stereocenters. The molecule has 3 aromatic rings. The Kier molecular flexibility index (Phi) is 6.37. The number of amides is 2. The summed E-state index contributed by atoms with van der Waals surface area (Å²) in [4.78, 5) is 32.7. The van der Waals surface area contributed by atoms with Gasteiger partial charge in [-0.25, -0.2) is 9.50 Å². The van der Waals surface area contributed by atoms with Crippen molar-refractivity contribution in [2.75, 3.05) is 5.73 Å². The Morgan fingerprint density at radius 3 is 2.64 bits per heavy atom. The molecule has 10 nitrogen and oxygen atoms in total. The number of carbonyl (C=O) groups excluding carboxylic acids is 2. The average molecular weight is 541 g/mol. The van der Waals surface area contributed by atoms with Gasteiger partial charge in [0, 0.05) is 30.4 Å². The third-order valence-corrected chi connectivity index (χ3v) is 8.08. The number of fused-ring (bicyclic) bond motifs is 2. The van der Waals surface area contributed by atoms with E-state index in [2.05, 4.69) is 15.4 Å². The lowest BCUT2D eigenvalue weighted by molar-refractivity contribution is -0.0501. The molecule has 3 heterocycles. The van der Waals surface area contributed by atoms with E-state index in [-0.39, 0.29) is 52.4 Å². The number of rotatable bonds is 7. The number of hydrogen-bond acceptors (Lipinski definition) is 7. The largest absolute Gasteiger partial charge is 0.434 e. The van der Waals surface area contributed by atoms with E-state index in [0.717, 1.165) is 12.8 Å². The summed E-state index contributed by atoms with van der Waals surface area (Å²) in [5.41, 5.74) is 8.03. The zero-order valence-electron chi connectivity index (χ0n) is 21.4. The van der Waals surface area contributed by atoms with Crippen LogP contribution in [0.2, 0.25) is 0 Å². The fraction of sp³-hybridized carbons (Fsp3) is 0.481. The number of aliphatic hydroxyl groups is 1. The van der Waals surface area contributed by atoms with E-state index in [9.17, 15) is 23.5 Å². The van der Waals surface area contributed by atoms with Crippen LogP contribution in [0.15, 0.2) is 24.4 Å². The molecule has 0 saturated heterocycles. The zero-order chi connectivity index (χ0) is 27.4. The van der Waals surface area contributed by atoms with Crippen molar-refractivity contribution in [3.05, 3.63) is 41.1 Å². The summed E-state index contributed by atoms with van der Waals surface area (Å²) in [6.07, 6.45) is 5.86. The van der Waals surface area contributed by atoms with Gasteiger partial charge in [-0.3, -0.25) is 9.59 Å². The highest BCUT2D eigenvalue weighted by Gasteiger charge is 2.40. The van der Waals surface area contributed by atoms with Crippen LogP contribution in [-0.2, 0) is 6.54 Å². The first-order chi connectivity index (χ1) is 18.7. The van der Waals surface area contributed by atoms with Crippen LogP contribution >= 0.6 is 0 Å². The smallest absolute Gasteiger partial charge is 0.387 e. The van der Waals surface area contributed by atoms with E-state index in [1.807, 2.05) is 6.92 Å². The van der Waals surface area contributed by atoms with Gasteiger partial charge in [-0.2, -0.15) is 8.78 Å². The number of anilines is 1. The van der Waals surface area contributed by atoms with Gasteiger partial charge in [-0.15, -0.1) is 5.10 Å². The van der Waals surface area contributed by atoms with Gasteiger partial charge in [-0.05, 0) is 75.1 Å². The molecule has 3 aliphatic rings. The van der Waals surface area contributed by atoms with Gasteiger partial charge in [0.15, 0.2) is 11.5 Å². The summed E-state index contributed by atoms with van der Waals surface area (Å²) in [5.74, 6) is -0.492. The van der Waals surface area contributed by atoms with Crippen molar-refractivity contribution < 1.29 is 28.2 Å². The molecule has 2 fully saturated rings. The predicted octanol–water partition coefficient (Wildman–Crippen LogP) is 3.37. The third kappa shape index (κ3) is 4.77. The number of nitrogens with one attached hydrogen (secondary N) is 1. The maximum Gasteiger partial charge on any atom is 0.387 e. The number of nitrogens with zero attached hydrogens (tertiary/aromatic N) is 4. The minimum atomic E-state index is -3.10. The van der Waals surface area contributed by atoms with Gasteiger partial charge in [0.1, 0.15) is 11.3 Å². The summed E-state index contributed by atoms with van der Waals surface area (Å²) in [5, 5.41) is 16.9. The van der Waals surface area contributed by atoms with E-state index in [0.29, 0.717) is 55.0 Å². The van der Waals surface area contributed by atoms with Crippen LogP contribution in [0.25, 0.3) is 16.9 Å². The van der Waals surface area contributed by atoms with E-state index >= 15 is 0 Å². The number of nitrogen functional groups attached to an aromatic ring is 1. The molecule has 4 N–H and O–H groups in total. The molecule has 1 aromatic carbocycles. The molecule has 39 heavy (non-hydrogen) atoms.